The Bertz CT molecular complexity index is 357. The molecule has 90 valence electrons. The van der Waals surface area contributed by atoms with Crippen LogP contribution in [-0.2, 0) is 16.1 Å². The minimum atomic E-state index is -2.81. The molecule has 1 unspecified atom stereocenters. The van der Waals surface area contributed by atoms with Crippen LogP contribution in [-0.4, -0.2) is 44.5 Å². The van der Waals surface area contributed by atoms with Crippen LogP contribution in [0.25, 0.3) is 0 Å². The topological polar surface area (TPSA) is 90.1 Å². The van der Waals surface area contributed by atoms with Crippen molar-refractivity contribution >= 4 is 5.97 Å². The van der Waals surface area contributed by atoms with Crippen LogP contribution < -0.4 is 0 Å². The van der Waals surface area contributed by atoms with Crippen molar-refractivity contribution in [3.05, 3.63) is 5.82 Å². The smallest absolute Gasteiger partial charge is 0.306 e. The fraction of sp³-hybridized carbons (Fsp3) is 0.714. The number of carbonyl (C=O) groups is 1. The Morgan fingerprint density at radius 1 is 1.62 bits per heavy atom. The molecule has 1 heterocycles. The molecule has 9 heteroatoms. The van der Waals surface area contributed by atoms with Crippen molar-refractivity contribution in [2.75, 3.05) is 7.11 Å². The quantitative estimate of drug-likeness (QED) is 0.753. The third kappa shape index (κ3) is 3.19. The second-order valence-electron chi connectivity index (χ2n) is 2.98. The predicted octanol–water partition coefficient (Wildman–Crippen LogP) is 0.100. The van der Waals surface area contributed by atoms with Gasteiger partial charge in [0.25, 0.3) is 6.43 Å². The fourth-order valence-electron chi connectivity index (χ4n) is 1.11. The van der Waals surface area contributed by atoms with Gasteiger partial charge in [-0.05, 0) is 10.4 Å². The Morgan fingerprint density at radius 2 is 2.31 bits per heavy atom. The van der Waals surface area contributed by atoms with Crippen molar-refractivity contribution in [1.82, 2.24) is 20.2 Å². The van der Waals surface area contributed by atoms with Gasteiger partial charge in [-0.3, -0.25) is 4.79 Å². The molecule has 0 aromatic carbocycles. The minimum Gasteiger partial charge on any atom is -0.481 e. The second-order valence-corrected chi connectivity index (χ2v) is 2.98. The molecule has 1 aromatic heterocycles. The van der Waals surface area contributed by atoms with E-state index >= 15 is 0 Å². The van der Waals surface area contributed by atoms with Crippen LogP contribution in [0.2, 0.25) is 0 Å². The third-order valence-electron chi connectivity index (χ3n) is 1.87. The largest absolute Gasteiger partial charge is 0.481 e. The maximum atomic E-state index is 12.4. The van der Waals surface area contributed by atoms with E-state index in [1.165, 1.54) is 7.11 Å². The summed E-state index contributed by atoms with van der Waals surface area (Å²) in [7, 11) is 1.29. The van der Waals surface area contributed by atoms with Gasteiger partial charge >= 0.3 is 5.97 Å². The highest BCUT2D eigenvalue weighted by Gasteiger charge is 2.21. The van der Waals surface area contributed by atoms with Crippen molar-refractivity contribution in [2.24, 2.45) is 0 Å². The minimum absolute atomic E-state index is 0.129. The van der Waals surface area contributed by atoms with Gasteiger partial charge in [0, 0.05) is 7.11 Å². The summed E-state index contributed by atoms with van der Waals surface area (Å²) in [6.45, 7) is -0.129. The summed E-state index contributed by atoms with van der Waals surface area (Å²) >= 11 is 0. The van der Waals surface area contributed by atoms with Crippen molar-refractivity contribution < 1.29 is 23.4 Å². The van der Waals surface area contributed by atoms with Crippen molar-refractivity contribution in [1.29, 1.82) is 0 Å². The first kappa shape index (κ1) is 12.4. The summed E-state index contributed by atoms with van der Waals surface area (Å²) in [5, 5.41) is 18.1. The number of methoxy groups -OCH3 is 1. The zero-order valence-corrected chi connectivity index (χ0v) is 8.38. The van der Waals surface area contributed by atoms with E-state index in [1.54, 1.807) is 0 Å². The van der Waals surface area contributed by atoms with E-state index in [4.69, 9.17) is 9.84 Å². The van der Waals surface area contributed by atoms with Crippen LogP contribution in [0.15, 0.2) is 0 Å². The van der Waals surface area contributed by atoms with Crippen molar-refractivity contribution in [2.45, 2.75) is 25.5 Å². The van der Waals surface area contributed by atoms with Crippen LogP contribution in [0.3, 0.4) is 0 Å². The Hall–Kier alpha value is -1.64. The summed E-state index contributed by atoms with van der Waals surface area (Å²) in [4.78, 5) is 10.4. The standard InChI is InChI=1S/C7H10F2N4O3/c1-16-4(2-5(14)15)3-13-7(6(8)9)10-11-12-13/h4,6H,2-3H2,1H3,(H,14,15). The molecule has 1 rings (SSSR count). The molecule has 1 N–H and O–H groups in total. The molecule has 0 aliphatic heterocycles. The average Bonchev–Trinajstić information content (AvgIpc) is 2.64. The molecule has 1 aromatic rings. The number of aromatic nitrogens is 4. The normalized spacial score (nSPS) is 13.0. The molecule has 1 atom stereocenters. The Morgan fingerprint density at radius 3 is 2.81 bits per heavy atom. The van der Waals surface area contributed by atoms with E-state index in [0.717, 1.165) is 4.68 Å². The van der Waals surface area contributed by atoms with Gasteiger partial charge in [-0.2, -0.15) is 0 Å². The molecule has 0 saturated carbocycles. The van der Waals surface area contributed by atoms with Gasteiger partial charge < -0.3 is 9.84 Å². The number of rotatable bonds is 6. The Kier molecular flexibility index (Phi) is 4.23. The Balaban J connectivity index is 2.70. The average molecular weight is 236 g/mol. The van der Waals surface area contributed by atoms with Crippen LogP contribution in [0.4, 0.5) is 8.78 Å². The van der Waals surface area contributed by atoms with Gasteiger partial charge in [0.05, 0.1) is 19.1 Å². The van der Waals surface area contributed by atoms with E-state index in [1.807, 2.05) is 0 Å². The van der Waals surface area contributed by atoms with E-state index < -0.39 is 24.3 Å². The molecule has 0 spiro atoms. The lowest BCUT2D eigenvalue weighted by Gasteiger charge is -2.13. The molecule has 0 fully saturated rings. The number of ether oxygens (including phenoxy) is 1. The first-order valence-corrected chi connectivity index (χ1v) is 4.33. The number of alkyl halides is 2. The number of halogens is 2. The molecule has 0 bridgehead atoms. The van der Waals surface area contributed by atoms with Crippen LogP contribution in [0, 0.1) is 0 Å². The molecular formula is C7H10F2N4O3. The fourth-order valence-corrected chi connectivity index (χ4v) is 1.11. The molecule has 7 nitrogen and oxygen atoms in total. The number of hydrogen-bond donors (Lipinski definition) is 1. The number of hydrogen-bond acceptors (Lipinski definition) is 5. The molecule has 16 heavy (non-hydrogen) atoms. The second kappa shape index (κ2) is 5.45. The van der Waals surface area contributed by atoms with E-state index in [9.17, 15) is 13.6 Å². The van der Waals surface area contributed by atoms with Gasteiger partial charge in [-0.25, -0.2) is 13.5 Å². The summed E-state index contributed by atoms with van der Waals surface area (Å²) in [6, 6.07) is 0. The maximum absolute atomic E-state index is 12.4. The van der Waals surface area contributed by atoms with Crippen LogP contribution >= 0.6 is 0 Å². The molecule has 0 saturated heterocycles. The monoisotopic (exact) mass is 236 g/mol. The lowest BCUT2D eigenvalue weighted by atomic mass is 10.2. The zero-order chi connectivity index (χ0) is 12.1. The number of aliphatic carboxylic acids is 1. The number of carboxylic acids is 1. The summed E-state index contributed by atoms with van der Waals surface area (Å²) in [5.41, 5.74) is 0. The molecule has 0 aliphatic rings. The van der Waals surface area contributed by atoms with Crippen LogP contribution in [0.1, 0.15) is 18.7 Å². The third-order valence-corrected chi connectivity index (χ3v) is 1.87. The highest BCUT2D eigenvalue weighted by molar-refractivity contribution is 5.67. The molecule has 0 radical (unpaired) electrons. The van der Waals surface area contributed by atoms with E-state index in [0.29, 0.717) is 0 Å². The highest BCUT2D eigenvalue weighted by atomic mass is 19.3. The summed E-state index contributed by atoms with van der Waals surface area (Å²) < 4.78 is 30.4. The number of nitrogens with zero attached hydrogens (tertiary/aromatic N) is 4. The SMILES string of the molecule is COC(CC(=O)O)Cn1nnnc1C(F)F. The number of carboxylic acid groups (broad SMARTS) is 1. The summed E-state index contributed by atoms with van der Waals surface area (Å²) in [5.74, 6) is -1.69. The van der Waals surface area contributed by atoms with Gasteiger partial charge in [-0.1, -0.05) is 0 Å². The molecule has 0 amide bonds. The first-order chi connectivity index (χ1) is 7.54. The van der Waals surface area contributed by atoms with Crippen LogP contribution in [0.5, 0.6) is 0 Å². The lowest BCUT2D eigenvalue weighted by molar-refractivity contribution is -0.140. The Labute approximate surface area is 89.0 Å². The van der Waals surface area contributed by atoms with Crippen molar-refractivity contribution in [3.8, 4) is 0 Å². The lowest BCUT2D eigenvalue weighted by Crippen LogP contribution is -2.24. The first-order valence-electron chi connectivity index (χ1n) is 4.33. The summed E-state index contributed by atoms with van der Waals surface area (Å²) in [6.07, 6.45) is -3.87. The van der Waals surface area contributed by atoms with Gasteiger partial charge in [0.15, 0.2) is 0 Å². The van der Waals surface area contributed by atoms with Gasteiger partial charge in [0.1, 0.15) is 0 Å². The highest BCUT2D eigenvalue weighted by Crippen LogP contribution is 2.15. The predicted molar refractivity (Wildman–Crippen MR) is 45.8 cm³/mol. The zero-order valence-electron chi connectivity index (χ0n) is 8.38. The number of tetrazole rings is 1. The van der Waals surface area contributed by atoms with Gasteiger partial charge in [-0.15, -0.1) is 5.10 Å². The van der Waals surface area contributed by atoms with E-state index in [2.05, 4.69) is 15.5 Å². The van der Waals surface area contributed by atoms with E-state index in [-0.39, 0.29) is 13.0 Å². The molecule has 0 aliphatic carbocycles. The molecular weight excluding hydrogens is 226 g/mol. The van der Waals surface area contributed by atoms with Gasteiger partial charge in [0.2, 0.25) is 5.82 Å². The maximum Gasteiger partial charge on any atom is 0.306 e. The van der Waals surface area contributed by atoms with Crippen molar-refractivity contribution in [3.63, 3.8) is 0 Å².